The molecule has 1 aliphatic rings. The summed E-state index contributed by atoms with van der Waals surface area (Å²) in [4.78, 5) is 20.8. The van der Waals surface area contributed by atoms with Crippen LogP contribution in [0.1, 0.15) is 36.2 Å². The van der Waals surface area contributed by atoms with Gasteiger partial charge in [0.2, 0.25) is 0 Å². The fourth-order valence-electron chi connectivity index (χ4n) is 3.61. The molecule has 1 saturated heterocycles. The zero-order valence-corrected chi connectivity index (χ0v) is 15.7. The molecule has 1 aromatic carbocycles. The van der Waals surface area contributed by atoms with Crippen LogP contribution in [0.3, 0.4) is 0 Å². The topological polar surface area (TPSA) is 36.4 Å². The predicted molar refractivity (Wildman–Crippen MR) is 100 cm³/mol. The van der Waals surface area contributed by atoms with Crippen molar-refractivity contribution in [2.45, 2.75) is 32.9 Å². The van der Waals surface area contributed by atoms with Gasteiger partial charge in [0, 0.05) is 38.4 Å². The maximum Gasteiger partial charge on any atom is 0.255 e. The molecule has 1 amide bonds. The van der Waals surface area contributed by atoms with Gasteiger partial charge in [-0.2, -0.15) is 0 Å². The lowest BCUT2D eigenvalue weighted by Gasteiger charge is -2.34. The average Bonchev–Trinajstić information content (AvgIpc) is 2.86. The maximum absolute atomic E-state index is 13.4. The number of halogens is 2. The van der Waals surface area contributed by atoms with Gasteiger partial charge < -0.3 is 4.90 Å². The van der Waals surface area contributed by atoms with E-state index in [-0.39, 0.29) is 23.3 Å². The SMILES string of the molecule is CC(C)C1CN(C(=O)c2cncc(F)c2)CCCN1Cc1ccc(F)cc1. The van der Waals surface area contributed by atoms with E-state index < -0.39 is 5.82 Å². The molecule has 1 unspecified atom stereocenters. The molecule has 27 heavy (non-hydrogen) atoms. The summed E-state index contributed by atoms with van der Waals surface area (Å²) in [6.45, 7) is 7.05. The van der Waals surface area contributed by atoms with E-state index in [0.717, 1.165) is 24.7 Å². The molecule has 3 rings (SSSR count). The minimum Gasteiger partial charge on any atom is -0.337 e. The van der Waals surface area contributed by atoms with Crippen molar-refractivity contribution in [2.24, 2.45) is 5.92 Å². The first-order valence-electron chi connectivity index (χ1n) is 9.32. The highest BCUT2D eigenvalue weighted by Crippen LogP contribution is 2.21. The molecule has 1 fully saturated rings. The molecule has 2 aromatic rings. The van der Waals surface area contributed by atoms with Crippen molar-refractivity contribution < 1.29 is 13.6 Å². The number of benzene rings is 1. The number of hydrogen-bond donors (Lipinski definition) is 0. The highest BCUT2D eigenvalue weighted by molar-refractivity contribution is 5.94. The third-order valence-electron chi connectivity index (χ3n) is 5.06. The number of carbonyl (C=O) groups excluding carboxylic acids is 1. The van der Waals surface area contributed by atoms with E-state index >= 15 is 0 Å². The Balaban J connectivity index is 1.76. The summed E-state index contributed by atoms with van der Waals surface area (Å²) in [6, 6.07) is 7.97. The lowest BCUT2D eigenvalue weighted by Crippen LogP contribution is -2.45. The van der Waals surface area contributed by atoms with E-state index in [1.54, 1.807) is 17.0 Å². The second kappa shape index (κ2) is 8.57. The van der Waals surface area contributed by atoms with Crippen molar-refractivity contribution >= 4 is 5.91 Å². The normalized spacial score (nSPS) is 18.6. The zero-order chi connectivity index (χ0) is 19.4. The Morgan fingerprint density at radius 2 is 1.89 bits per heavy atom. The first kappa shape index (κ1) is 19.4. The monoisotopic (exact) mass is 373 g/mol. The van der Waals surface area contributed by atoms with Gasteiger partial charge in [0.1, 0.15) is 11.6 Å². The molecule has 0 N–H and O–H groups in total. The van der Waals surface area contributed by atoms with Gasteiger partial charge in [0.05, 0.1) is 11.8 Å². The molecule has 0 radical (unpaired) electrons. The summed E-state index contributed by atoms with van der Waals surface area (Å²) in [5.41, 5.74) is 1.33. The number of amides is 1. The Morgan fingerprint density at radius 3 is 2.56 bits per heavy atom. The number of rotatable bonds is 4. The Bertz CT molecular complexity index is 779. The Labute approximate surface area is 158 Å². The van der Waals surface area contributed by atoms with Gasteiger partial charge >= 0.3 is 0 Å². The molecular formula is C21H25F2N3O. The van der Waals surface area contributed by atoms with Crippen molar-refractivity contribution in [2.75, 3.05) is 19.6 Å². The summed E-state index contributed by atoms with van der Waals surface area (Å²) < 4.78 is 26.6. The van der Waals surface area contributed by atoms with Crippen LogP contribution < -0.4 is 0 Å². The molecule has 0 aliphatic carbocycles. The van der Waals surface area contributed by atoms with Crippen LogP contribution in [0.4, 0.5) is 8.78 Å². The van der Waals surface area contributed by atoms with Crippen LogP contribution in [0.15, 0.2) is 42.7 Å². The highest BCUT2D eigenvalue weighted by Gasteiger charge is 2.30. The van der Waals surface area contributed by atoms with Crippen LogP contribution in [-0.4, -0.2) is 46.4 Å². The Morgan fingerprint density at radius 1 is 1.15 bits per heavy atom. The fourth-order valence-corrected chi connectivity index (χ4v) is 3.61. The molecule has 0 spiro atoms. The highest BCUT2D eigenvalue weighted by atomic mass is 19.1. The second-order valence-corrected chi connectivity index (χ2v) is 7.40. The number of nitrogens with zero attached hydrogens (tertiary/aromatic N) is 3. The van der Waals surface area contributed by atoms with E-state index in [0.29, 0.717) is 25.6 Å². The number of pyridine rings is 1. The number of carbonyl (C=O) groups is 1. The summed E-state index contributed by atoms with van der Waals surface area (Å²) in [5, 5.41) is 0. The Kier molecular flexibility index (Phi) is 6.16. The predicted octanol–water partition coefficient (Wildman–Crippen LogP) is 3.73. The molecule has 4 nitrogen and oxygen atoms in total. The van der Waals surface area contributed by atoms with Crippen molar-refractivity contribution in [1.29, 1.82) is 0 Å². The van der Waals surface area contributed by atoms with E-state index in [1.807, 2.05) is 0 Å². The van der Waals surface area contributed by atoms with Gasteiger partial charge in [-0.1, -0.05) is 26.0 Å². The second-order valence-electron chi connectivity index (χ2n) is 7.40. The smallest absolute Gasteiger partial charge is 0.255 e. The van der Waals surface area contributed by atoms with Crippen LogP contribution in [0.25, 0.3) is 0 Å². The third-order valence-corrected chi connectivity index (χ3v) is 5.06. The van der Waals surface area contributed by atoms with Gasteiger partial charge in [0.15, 0.2) is 0 Å². The lowest BCUT2D eigenvalue weighted by atomic mass is 10.0. The van der Waals surface area contributed by atoms with Crippen molar-refractivity contribution in [3.63, 3.8) is 0 Å². The minimum atomic E-state index is -0.506. The van der Waals surface area contributed by atoms with Crippen LogP contribution in [-0.2, 0) is 6.54 Å². The van der Waals surface area contributed by atoms with E-state index in [4.69, 9.17) is 0 Å². The summed E-state index contributed by atoms with van der Waals surface area (Å²) >= 11 is 0. The van der Waals surface area contributed by atoms with Gasteiger partial charge in [-0.3, -0.25) is 14.7 Å². The van der Waals surface area contributed by atoms with Crippen molar-refractivity contribution in [3.8, 4) is 0 Å². The molecule has 144 valence electrons. The minimum absolute atomic E-state index is 0.169. The zero-order valence-electron chi connectivity index (χ0n) is 15.7. The van der Waals surface area contributed by atoms with E-state index in [2.05, 4.69) is 23.7 Å². The number of hydrogen-bond acceptors (Lipinski definition) is 3. The quantitative estimate of drug-likeness (QED) is 0.819. The molecular weight excluding hydrogens is 348 g/mol. The molecule has 6 heteroatoms. The summed E-state index contributed by atoms with van der Waals surface area (Å²) in [7, 11) is 0. The van der Waals surface area contributed by atoms with Gasteiger partial charge in [-0.05, 0) is 36.1 Å². The molecule has 1 aromatic heterocycles. The first-order chi connectivity index (χ1) is 12.9. The third kappa shape index (κ3) is 4.89. The molecule has 0 bridgehead atoms. The van der Waals surface area contributed by atoms with Crippen LogP contribution in [0, 0.1) is 17.6 Å². The van der Waals surface area contributed by atoms with Crippen LogP contribution >= 0.6 is 0 Å². The van der Waals surface area contributed by atoms with E-state index in [9.17, 15) is 13.6 Å². The van der Waals surface area contributed by atoms with Crippen molar-refractivity contribution in [3.05, 3.63) is 65.5 Å². The number of aromatic nitrogens is 1. The standard InChI is InChI=1S/C21H25F2N3O/c1-15(2)20-14-26(21(27)17-10-19(23)12-24-11-17)9-3-8-25(20)13-16-4-6-18(22)7-5-16/h4-7,10-12,15,20H,3,8-9,13-14H2,1-2H3. The van der Waals surface area contributed by atoms with Gasteiger partial charge in [-0.15, -0.1) is 0 Å². The van der Waals surface area contributed by atoms with Crippen molar-refractivity contribution in [1.82, 2.24) is 14.8 Å². The van der Waals surface area contributed by atoms with E-state index in [1.165, 1.54) is 24.4 Å². The largest absolute Gasteiger partial charge is 0.337 e. The average molecular weight is 373 g/mol. The molecule has 0 saturated carbocycles. The first-order valence-corrected chi connectivity index (χ1v) is 9.32. The maximum atomic E-state index is 13.4. The Hall–Kier alpha value is -2.34. The lowest BCUT2D eigenvalue weighted by molar-refractivity contribution is 0.0701. The summed E-state index contributed by atoms with van der Waals surface area (Å²) in [6.07, 6.45) is 3.34. The van der Waals surface area contributed by atoms with Crippen LogP contribution in [0.2, 0.25) is 0 Å². The fraction of sp³-hybridized carbons (Fsp3) is 0.429. The van der Waals surface area contributed by atoms with Crippen LogP contribution in [0.5, 0.6) is 0 Å². The molecule has 1 atom stereocenters. The molecule has 2 heterocycles. The van der Waals surface area contributed by atoms with Gasteiger partial charge in [0.25, 0.3) is 5.91 Å². The van der Waals surface area contributed by atoms with Gasteiger partial charge in [-0.25, -0.2) is 8.78 Å². The summed E-state index contributed by atoms with van der Waals surface area (Å²) in [5.74, 6) is -0.592. The molecule has 1 aliphatic heterocycles.